The summed E-state index contributed by atoms with van der Waals surface area (Å²) in [4.78, 5) is 11.8. The van der Waals surface area contributed by atoms with Crippen molar-refractivity contribution in [3.05, 3.63) is 59.1 Å². The number of halogens is 1. The fraction of sp³-hybridized carbons (Fsp3) is 0.0714. The Kier molecular flexibility index (Phi) is 4.35. The molecule has 3 nitrogen and oxygen atoms in total. The van der Waals surface area contributed by atoms with Gasteiger partial charge in [-0.25, -0.2) is 9.16 Å². The topological polar surface area (TPSA) is 49.7 Å². The fourth-order valence-electron chi connectivity index (χ4n) is 1.51. The molecule has 0 aliphatic carbocycles. The minimum absolute atomic E-state index is 0.265. The monoisotopic (exact) mass is 293 g/mol. The van der Waals surface area contributed by atoms with Crippen molar-refractivity contribution in [2.24, 2.45) is 4.36 Å². The second-order valence-electron chi connectivity index (χ2n) is 3.88. The lowest BCUT2D eigenvalue weighted by atomic mass is 10.2. The predicted octanol–water partition coefficient (Wildman–Crippen LogP) is 4.16. The number of hydrogen-bond acceptors (Lipinski definition) is 2. The Hall–Kier alpha value is -1.65. The Morgan fingerprint density at radius 2 is 1.68 bits per heavy atom. The van der Waals surface area contributed by atoms with E-state index in [2.05, 4.69) is 4.36 Å². The van der Waals surface area contributed by atoms with Gasteiger partial charge in [-0.3, -0.25) is 0 Å². The SMILES string of the molecule is CS(=Nc1ccc(C(=O)O)cc1)c1ccc(Cl)cc1. The summed E-state index contributed by atoms with van der Waals surface area (Å²) in [7, 11) is -0.291. The largest absolute Gasteiger partial charge is 0.478 e. The van der Waals surface area contributed by atoms with Crippen molar-refractivity contribution in [2.45, 2.75) is 4.90 Å². The first kappa shape index (κ1) is 13.8. The number of carboxylic acids is 1. The molecule has 0 saturated heterocycles. The maximum atomic E-state index is 10.7. The van der Waals surface area contributed by atoms with Gasteiger partial charge < -0.3 is 5.11 Å². The van der Waals surface area contributed by atoms with Crippen molar-refractivity contribution < 1.29 is 9.90 Å². The molecule has 0 bridgehead atoms. The molecule has 0 heterocycles. The maximum absolute atomic E-state index is 10.7. The van der Waals surface area contributed by atoms with Gasteiger partial charge in [-0.2, -0.15) is 0 Å². The highest BCUT2D eigenvalue weighted by molar-refractivity contribution is 7.86. The first-order chi connectivity index (χ1) is 9.06. The van der Waals surface area contributed by atoms with Gasteiger partial charge in [-0.15, -0.1) is 0 Å². The maximum Gasteiger partial charge on any atom is 0.335 e. The van der Waals surface area contributed by atoms with Crippen LogP contribution in [0.2, 0.25) is 5.02 Å². The number of rotatable bonds is 3. The zero-order chi connectivity index (χ0) is 13.8. The first-order valence-corrected chi connectivity index (χ1v) is 7.50. The number of aromatic carboxylic acids is 1. The quantitative estimate of drug-likeness (QED) is 0.923. The van der Waals surface area contributed by atoms with Gasteiger partial charge in [0.2, 0.25) is 0 Å². The third-order valence-electron chi connectivity index (χ3n) is 2.51. The van der Waals surface area contributed by atoms with Gasteiger partial charge >= 0.3 is 5.97 Å². The third-order valence-corrected chi connectivity index (χ3v) is 4.20. The molecule has 0 radical (unpaired) electrons. The lowest BCUT2D eigenvalue weighted by Crippen LogP contribution is -1.94. The highest BCUT2D eigenvalue weighted by Crippen LogP contribution is 2.19. The third kappa shape index (κ3) is 3.66. The number of benzene rings is 2. The second kappa shape index (κ2) is 5.99. The summed E-state index contributed by atoms with van der Waals surface area (Å²) in [5.74, 6) is -0.931. The van der Waals surface area contributed by atoms with E-state index in [-0.39, 0.29) is 16.3 Å². The van der Waals surface area contributed by atoms with Crippen LogP contribution in [0, 0.1) is 0 Å². The molecular formula is C14H12ClNO2S. The molecule has 98 valence electrons. The number of nitrogens with zero attached hydrogens (tertiary/aromatic N) is 1. The number of hydrogen-bond donors (Lipinski definition) is 1. The van der Waals surface area contributed by atoms with Gasteiger partial charge in [0.15, 0.2) is 0 Å². The van der Waals surface area contributed by atoms with Gasteiger partial charge in [0.1, 0.15) is 0 Å². The van der Waals surface area contributed by atoms with Crippen LogP contribution in [0.1, 0.15) is 10.4 Å². The van der Waals surface area contributed by atoms with Gasteiger partial charge in [0, 0.05) is 9.92 Å². The van der Waals surface area contributed by atoms with Crippen molar-refractivity contribution in [1.29, 1.82) is 0 Å². The van der Waals surface area contributed by atoms with Crippen molar-refractivity contribution in [1.82, 2.24) is 0 Å². The average Bonchev–Trinajstić information content (AvgIpc) is 2.40. The molecule has 2 aromatic rings. The van der Waals surface area contributed by atoms with Crippen LogP contribution in [-0.4, -0.2) is 17.3 Å². The van der Waals surface area contributed by atoms with E-state index in [9.17, 15) is 4.79 Å². The average molecular weight is 294 g/mol. The zero-order valence-electron chi connectivity index (χ0n) is 10.2. The van der Waals surface area contributed by atoms with Gasteiger partial charge in [-0.1, -0.05) is 22.3 Å². The molecule has 0 aliphatic heterocycles. The molecule has 1 atom stereocenters. The van der Waals surface area contributed by atoms with Gasteiger partial charge in [0.25, 0.3) is 0 Å². The smallest absolute Gasteiger partial charge is 0.335 e. The summed E-state index contributed by atoms with van der Waals surface area (Å²) in [6, 6.07) is 14.1. The van der Waals surface area contributed by atoms with E-state index in [1.165, 1.54) is 0 Å². The molecule has 5 heteroatoms. The normalized spacial score (nSPS) is 12.3. The van der Waals surface area contributed by atoms with Crippen LogP contribution in [0.25, 0.3) is 0 Å². The molecule has 2 aromatic carbocycles. The lowest BCUT2D eigenvalue weighted by Gasteiger charge is -2.03. The predicted molar refractivity (Wildman–Crippen MR) is 78.5 cm³/mol. The van der Waals surface area contributed by atoms with Crippen LogP contribution in [0.15, 0.2) is 57.8 Å². The van der Waals surface area contributed by atoms with E-state index in [1.54, 1.807) is 24.3 Å². The van der Waals surface area contributed by atoms with Gasteiger partial charge in [0.05, 0.1) is 11.3 Å². The van der Waals surface area contributed by atoms with Gasteiger partial charge in [-0.05, 0) is 54.8 Å². The first-order valence-electron chi connectivity index (χ1n) is 5.53. The van der Waals surface area contributed by atoms with Crippen molar-refractivity contribution in [3.63, 3.8) is 0 Å². The van der Waals surface area contributed by atoms with Crippen LogP contribution >= 0.6 is 11.6 Å². The van der Waals surface area contributed by atoms with E-state index < -0.39 is 5.97 Å². The molecular weight excluding hydrogens is 282 g/mol. The highest BCUT2D eigenvalue weighted by atomic mass is 35.5. The van der Waals surface area contributed by atoms with E-state index in [4.69, 9.17) is 16.7 Å². The molecule has 0 aromatic heterocycles. The molecule has 2 rings (SSSR count). The van der Waals surface area contributed by atoms with Crippen LogP contribution in [0.5, 0.6) is 0 Å². The summed E-state index contributed by atoms with van der Waals surface area (Å²) in [6.07, 6.45) is 2.01. The summed E-state index contributed by atoms with van der Waals surface area (Å²) >= 11 is 5.84. The molecule has 0 aliphatic rings. The molecule has 0 fully saturated rings. The van der Waals surface area contributed by atoms with Crippen molar-refractivity contribution >= 4 is 33.9 Å². The van der Waals surface area contributed by atoms with Crippen LogP contribution < -0.4 is 0 Å². The van der Waals surface area contributed by atoms with Crippen LogP contribution in [-0.2, 0) is 10.7 Å². The van der Waals surface area contributed by atoms with Crippen molar-refractivity contribution in [3.8, 4) is 0 Å². The zero-order valence-corrected chi connectivity index (χ0v) is 11.8. The summed E-state index contributed by atoms with van der Waals surface area (Å²) in [6.45, 7) is 0. The van der Waals surface area contributed by atoms with Crippen LogP contribution in [0.3, 0.4) is 0 Å². The molecule has 1 unspecified atom stereocenters. The summed E-state index contributed by atoms with van der Waals surface area (Å²) in [5, 5.41) is 9.52. The Bertz CT molecular complexity index is 621. The highest BCUT2D eigenvalue weighted by Gasteiger charge is 2.01. The molecule has 0 spiro atoms. The minimum Gasteiger partial charge on any atom is -0.478 e. The number of carboxylic acid groups (broad SMARTS) is 1. The molecule has 1 N–H and O–H groups in total. The Morgan fingerprint density at radius 1 is 1.11 bits per heavy atom. The summed E-state index contributed by atoms with van der Waals surface area (Å²) in [5.41, 5.74) is 1.03. The van der Waals surface area contributed by atoms with E-state index in [1.807, 2.05) is 30.5 Å². The standard InChI is InChI=1S/C14H12ClNO2S/c1-19(13-8-4-11(15)5-9-13)16-12-6-2-10(3-7-12)14(17)18/h2-9H,1H3,(H,17,18). The Labute approximate surface area is 119 Å². The molecule has 0 amide bonds. The second-order valence-corrected chi connectivity index (χ2v) is 5.92. The van der Waals surface area contributed by atoms with Crippen molar-refractivity contribution in [2.75, 3.05) is 6.26 Å². The molecule has 0 saturated carbocycles. The summed E-state index contributed by atoms with van der Waals surface area (Å²) < 4.78 is 4.55. The lowest BCUT2D eigenvalue weighted by molar-refractivity contribution is 0.0697. The number of carbonyl (C=O) groups is 1. The minimum atomic E-state index is -0.931. The van der Waals surface area contributed by atoms with E-state index in [0.717, 1.165) is 10.6 Å². The Morgan fingerprint density at radius 3 is 2.21 bits per heavy atom. The van der Waals surface area contributed by atoms with E-state index in [0.29, 0.717) is 5.02 Å². The Balaban J connectivity index is 2.25. The molecule has 19 heavy (non-hydrogen) atoms. The van der Waals surface area contributed by atoms with E-state index >= 15 is 0 Å². The fourth-order valence-corrected chi connectivity index (χ4v) is 2.71. The van der Waals surface area contributed by atoms with Crippen LogP contribution in [0.4, 0.5) is 5.69 Å².